The van der Waals surface area contributed by atoms with Crippen LogP contribution in [0, 0.1) is 41.4 Å². The minimum absolute atomic E-state index is 0.572. The van der Waals surface area contributed by atoms with Crippen molar-refractivity contribution < 1.29 is 4.79 Å². The van der Waals surface area contributed by atoms with Crippen molar-refractivity contribution in [2.45, 2.75) is 64.2 Å². The maximum Gasteiger partial charge on any atom is 0.120 e. The van der Waals surface area contributed by atoms with E-state index in [0.29, 0.717) is 5.92 Å². The third-order valence-electron chi connectivity index (χ3n) is 7.54. The van der Waals surface area contributed by atoms with Gasteiger partial charge in [-0.05, 0) is 86.4 Å². The van der Waals surface area contributed by atoms with Gasteiger partial charge in [0.1, 0.15) is 5.94 Å². The van der Waals surface area contributed by atoms with Gasteiger partial charge in [-0.3, -0.25) is 0 Å². The molecule has 4 saturated carbocycles. The van der Waals surface area contributed by atoms with E-state index in [0.717, 1.165) is 35.5 Å². The van der Waals surface area contributed by atoms with Crippen LogP contribution in [0.25, 0.3) is 0 Å². The monoisotopic (exact) mass is 272 g/mol. The van der Waals surface area contributed by atoms with E-state index >= 15 is 0 Å². The van der Waals surface area contributed by atoms with Crippen LogP contribution in [0.2, 0.25) is 0 Å². The molecular formula is C19H28O. The van der Waals surface area contributed by atoms with Gasteiger partial charge in [0.15, 0.2) is 0 Å². The largest absolute Gasteiger partial charge is 0.234 e. The van der Waals surface area contributed by atoms with Gasteiger partial charge in [-0.1, -0.05) is 19.3 Å². The van der Waals surface area contributed by atoms with Crippen molar-refractivity contribution in [1.29, 1.82) is 0 Å². The van der Waals surface area contributed by atoms with Crippen molar-refractivity contribution in [3.63, 3.8) is 0 Å². The molecule has 0 radical (unpaired) electrons. The van der Waals surface area contributed by atoms with Crippen molar-refractivity contribution in [3.05, 3.63) is 6.08 Å². The summed E-state index contributed by atoms with van der Waals surface area (Å²) in [4.78, 5) is 10.7. The molecule has 0 spiro atoms. The zero-order valence-corrected chi connectivity index (χ0v) is 12.6. The second-order valence-corrected chi connectivity index (χ2v) is 8.04. The molecule has 0 amide bonds. The molecule has 110 valence electrons. The lowest BCUT2D eigenvalue weighted by atomic mass is 9.53. The highest BCUT2D eigenvalue weighted by molar-refractivity contribution is 5.46. The van der Waals surface area contributed by atoms with Gasteiger partial charge in [0.05, 0.1) is 0 Å². The Morgan fingerprint density at radius 2 is 1.30 bits per heavy atom. The summed E-state index contributed by atoms with van der Waals surface area (Å²) < 4.78 is 0. The van der Waals surface area contributed by atoms with Crippen molar-refractivity contribution in [1.82, 2.24) is 0 Å². The molecule has 4 aliphatic rings. The van der Waals surface area contributed by atoms with Crippen LogP contribution in [0.3, 0.4) is 0 Å². The lowest BCUT2D eigenvalue weighted by molar-refractivity contribution is -0.0220. The first-order valence-electron chi connectivity index (χ1n) is 9.09. The molecule has 20 heavy (non-hydrogen) atoms. The molecule has 4 aliphatic carbocycles. The zero-order valence-electron chi connectivity index (χ0n) is 12.6. The Labute approximate surface area is 123 Å². The van der Waals surface area contributed by atoms with Gasteiger partial charge in [0.2, 0.25) is 0 Å². The van der Waals surface area contributed by atoms with Gasteiger partial charge in [-0.2, -0.15) is 0 Å². The van der Waals surface area contributed by atoms with Crippen LogP contribution in [0.15, 0.2) is 6.08 Å². The van der Waals surface area contributed by atoms with Gasteiger partial charge >= 0.3 is 0 Å². The molecule has 7 atom stereocenters. The van der Waals surface area contributed by atoms with E-state index < -0.39 is 0 Å². The first kappa shape index (κ1) is 13.1. The fourth-order valence-corrected chi connectivity index (χ4v) is 6.83. The summed E-state index contributed by atoms with van der Waals surface area (Å²) in [7, 11) is 0. The lowest BCUT2D eigenvalue weighted by Gasteiger charge is -2.52. The van der Waals surface area contributed by atoms with Crippen molar-refractivity contribution >= 4 is 5.94 Å². The van der Waals surface area contributed by atoms with Crippen LogP contribution in [0.1, 0.15) is 64.2 Å². The summed E-state index contributed by atoms with van der Waals surface area (Å²) in [6, 6.07) is 0. The Morgan fingerprint density at radius 1 is 0.650 bits per heavy atom. The Bertz CT molecular complexity index is 408. The number of hydrogen-bond donors (Lipinski definition) is 0. The Hall–Kier alpha value is -0.550. The SMILES string of the molecule is O=C=CC1CCC2C1CCC1C3CCCCC3CCC21. The van der Waals surface area contributed by atoms with Crippen LogP contribution in [-0.4, -0.2) is 5.94 Å². The van der Waals surface area contributed by atoms with Crippen LogP contribution in [0.4, 0.5) is 0 Å². The molecular weight excluding hydrogens is 244 g/mol. The van der Waals surface area contributed by atoms with Crippen LogP contribution in [-0.2, 0) is 4.79 Å². The zero-order chi connectivity index (χ0) is 13.5. The molecule has 4 rings (SSSR count). The standard InChI is InChI=1S/C19H28O/c20-12-11-14-6-7-17-16(14)9-10-18-15-4-2-1-3-13(15)5-8-19(17)18/h11,13-19H,1-10H2. The predicted octanol–water partition coefficient (Wildman–Crippen LogP) is 4.64. The van der Waals surface area contributed by atoms with Gasteiger partial charge in [-0.15, -0.1) is 0 Å². The number of carbonyl (C=O) groups excluding carboxylic acids is 1. The first-order chi connectivity index (χ1) is 9.88. The molecule has 0 bridgehead atoms. The second-order valence-electron chi connectivity index (χ2n) is 8.04. The summed E-state index contributed by atoms with van der Waals surface area (Å²) in [6.07, 6.45) is 16.5. The van der Waals surface area contributed by atoms with E-state index in [4.69, 9.17) is 0 Å². The molecule has 7 unspecified atom stereocenters. The Kier molecular flexibility index (Phi) is 3.50. The van der Waals surface area contributed by atoms with Crippen molar-refractivity contribution in [2.75, 3.05) is 0 Å². The highest BCUT2D eigenvalue weighted by atomic mass is 16.1. The average molecular weight is 272 g/mol. The van der Waals surface area contributed by atoms with Crippen molar-refractivity contribution in [2.24, 2.45) is 41.4 Å². The van der Waals surface area contributed by atoms with E-state index in [1.54, 1.807) is 0 Å². The molecule has 0 heterocycles. The highest BCUT2D eigenvalue weighted by Gasteiger charge is 2.50. The Morgan fingerprint density at radius 3 is 2.20 bits per heavy atom. The summed E-state index contributed by atoms with van der Waals surface area (Å²) in [5.74, 6) is 8.65. The van der Waals surface area contributed by atoms with Crippen LogP contribution >= 0.6 is 0 Å². The maximum atomic E-state index is 10.7. The number of allylic oxidation sites excluding steroid dienone is 1. The molecule has 0 aromatic heterocycles. The molecule has 0 aromatic carbocycles. The number of hydrogen-bond acceptors (Lipinski definition) is 1. The summed E-state index contributed by atoms with van der Waals surface area (Å²) in [5.41, 5.74) is 0. The van der Waals surface area contributed by atoms with E-state index in [2.05, 4.69) is 5.94 Å². The lowest BCUT2D eigenvalue weighted by Crippen LogP contribution is -2.44. The fourth-order valence-electron chi connectivity index (χ4n) is 6.83. The number of rotatable bonds is 1. The quantitative estimate of drug-likeness (QED) is 0.635. The maximum absolute atomic E-state index is 10.7. The minimum Gasteiger partial charge on any atom is -0.234 e. The summed E-state index contributed by atoms with van der Waals surface area (Å²) >= 11 is 0. The summed E-state index contributed by atoms with van der Waals surface area (Å²) in [5, 5.41) is 0. The molecule has 1 heteroatoms. The highest BCUT2D eigenvalue weighted by Crippen LogP contribution is 2.59. The molecule has 4 fully saturated rings. The van der Waals surface area contributed by atoms with Crippen molar-refractivity contribution in [3.8, 4) is 0 Å². The van der Waals surface area contributed by atoms with E-state index in [9.17, 15) is 4.79 Å². The van der Waals surface area contributed by atoms with Crippen LogP contribution < -0.4 is 0 Å². The van der Waals surface area contributed by atoms with E-state index in [1.165, 1.54) is 64.2 Å². The smallest absolute Gasteiger partial charge is 0.120 e. The summed E-state index contributed by atoms with van der Waals surface area (Å²) in [6.45, 7) is 0. The normalized spacial score (nSPS) is 50.5. The number of fused-ring (bicyclic) bond motifs is 5. The third kappa shape index (κ3) is 2.01. The van der Waals surface area contributed by atoms with Crippen LogP contribution in [0.5, 0.6) is 0 Å². The van der Waals surface area contributed by atoms with E-state index in [1.807, 2.05) is 6.08 Å². The van der Waals surface area contributed by atoms with Gasteiger partial charge in [-0.25, -0.2) is 4.79 Å². The topological polar surface area (TPSA) is 17.1 Å². The minimum atomic E-state index is 0.572. The van der Waals surface area contributed by atoms with Gasteiger partial charge in [0, 0.05) is 6.08 Å². The van der Waals surface area contributed by atoms with E-state index in [-0.39, 0.29) is 0 Å². The fraction of sp³-hybridized carbons (Fsp3) is 0.895. The molecule has 1 nitrogen and oxygen atoms in total. The molecule has 0 aromatic rings. The van der Waals surface area contributed by atoms with Gasteiger partial charge < -0.3 is 0 Å². The molecule has 0 aliphatic heterocycles. The predicted molar refractivity (Wildman–Crippen MR) is 80.9 cm³/mol. The second kappa shape index (κ2) is 5.34. The third-order valence-corrected chi connectivity index (χ3v) is 7.54. The first-order valence-corrected chi connectivity index (χ1v) is 9.09. The molecule has 0 N–H and O–H groups in total. The van der Waals surface area contributed by atoms with Gasteiger partial charge in [0.25, 0.3) is 0 Å². The molecule has 0 saturated heterocycles. The average Bonchev–Trinajstić information content (AvgIpc) is 2.91. The Balaban J connectivity index is 1.53.